The largest absolute Gasteiger partial charge is 0.355 e. The Morgan fingerprint density at radius 2 is 2.25 bits per heavy atom. The highest BCUT2D eigenvalue weighted by Crippen LogP contribution is 2.26. The molecule has 24 heavy (non-hydrogen) atoms. The highest BCUT2D eigenvalue weighted by atomic mass is 35.5. The molecule has 3 N–H and O–H groups in total. The van der Waals surface area contributed by atoms with E-state index >= 15 is 0 Å². The number of carbonyl (C=O) groups excluding carboxylic acids is 1. The highest BCUT2D eigenvalue weighted by Gasteiger charge is 2.25. The number of benzene rings is 1. The van der Waals surface area contributed by atoms with Crippen molar-refractivity contribution in [2.45, 2.75) is 19.4 Å². The van der Waals surface area contributed by atoms with Gasteiger partial charge in [-0.2, -0.15) is 0 Å². The Hall–Kier alpha value is -1.41. The maximum absolute atomic E-state index is 12.0. The summed E-state index contributed by atoms with van der Waals surface area (Å²) in [4.78, 5) is 24.5. The van der Waals surface area contributed by atoms with E-state index < -0.39 is 4.92 Å². The number of nitro benzene ring substituents is 1. The molecule has 134 valence electrons. The third kappa shape index (κ3) is 5.59. The van der Waals surface area contributed by atoms with E-state index in [9.17, 15) is 14.9 Å². The van der Waals surface area contributed by atoms with E-state index in [2.05, 4.69) is 10.2 Å². The number of carbonyl (C=O) groups is 1. The molecule has 1 unspecified atom stereocenters. The van der Waals surface area contributed by atoms with Crippen molar-refractivity contribution in [3.8, 4) is 0 Å². The second-order valence-corrected chi connectivity index (χ2v) is 6.10. The van der Waals surface area contributed by atoms with Gasteiger partial charge >= 0.3 is 0 Å². The number of nitrogens with one attached hydrogen (secondary N) is 1. The Balaban J connectivity index is 0.00000288. The summed E-state index contributed by atoms with van der Waals surface area (Å²) < 4.78 is 0. The Kier molecular flexibility index (Phi) is 8.41. The monoisotopic (exact) mass is 376 g/mol. The number of piperidine rings is 1. The van der Waals surface area contributed by atoms with Gasteiger partial charge in [0.25, 0.3) is 5.69 Å². The van der Waals surface area contributed by atoms with Crippen LogP contribution in [0.3, 0.4) is 0 Å². The minimum Gasteiger partial charge on any atom is -0.355 e. The lowest BCUT2D eigenvalue weighted by atomic mass is 9.96. The standard InChI is InChI=1S/C15H21ClN4O3.ClH/c16-13-8-11(3-4-14(13)20(22)23)9-19-7-1-2-12(10-19)15(21)18-6-5-17;/h3-4,8,12H,1-2,5-7,9-10,17H2,(H,18,21);1H. The van der Waals surface area contributed by atoms with Crippen LogP contribution in [0.1, 0.15) is 18.4 Å². The van der Waals surface area contributed by atoms with Gasteiger partial charge in [-0.25, -0.2) is 0 Å². The van der Waals surface area contributed by atoms with Crippen LogP contribution >= 0.6 is 24.0 Å². The topological polar surface area (TPSA) is 102 Å². The first-order valence-electron chi connectivity index (χ1n) is 7.64. The molecule has 0 radical (unpaired) electrons. The minimum absolute atomic E-state index is 0. The predicted octanol–water partition coefficient (Wildman–Crippen LogP) is 1.96. The Morgan fingerprint density at radius 1 is 1.50 bits per heavy atom. The van der Waals surface area contributed by atoms with Crippen molar-refractivity contribution in [3.05, 3.63) is 38.9 Å². The fraction of sp³-hybridized carbons (Fsp3) is 0.533. The van der Waals surface area contributed by atoms with Crippen LogP contribution in [0.25, 0.3) is 0 Å². The predicted molar refractivity (Wildman–Crippen MR) is 95.4 cm³/mol. The number of nitro groups is 1. The van der Waals surface area contributed by atoms with E-state index in [1.54, 1.807) is 12.1 Å². The lowest BCUT2D eigenvalue weighted by molar-refractivity contribution is -0.384. The van der Waals surface area contributed by atoms with Crippen LogP contribution in [0.2, 0.25) is 5.02 Å². The second kappa shape index (κ2) is 9.78. The van der Waals surface area contributed by atoms with Crippen molar-refractivity contribution in [3.63, 3.8) is 0 Å². The number of hydrogen-bond donors (Lipinski definition) is 2. The quantitative estimate of drug-likeness (QED) is 0.583. The summed E-state index contributed by atoms with van der Waals surface area (Å²) in [5.41, 5.74) is 6.21. The van der Waals surface area contributed by atoms with Crippen molar-refractivity contribution < 1.29 is 9.72 Å². The number of halogens is 2. The van der Waals surface area contributed by atoms with Gasteiger partial charge in [0, 0.05) is 32.2 Å². The molecule has 1 saturated heterocycles. The number of nitrogens with two attached hydrogens (primary N) is 1. The van der Waals surface area contributed by atoms with E-state index in [1.807, 2.05) is 0 Å². The molecule has 1 aliphatic heterocycles. The zero-order chi connectivity index (χ0) is 16.8. The summed E-state index contributed by atoms with van der Waals surface area (Å²) in [7, 11) is 0. The number of amides is 1. The lowest BCUT2D eigenvalue weighted by Crippen LogP contribution is -2.43. The minimum atomic E-state index is -0.495. The molecular formula is C15H22Cl2N4O3. The maximum atomic E-state index is 12.0. The Bertz CT molecular complexity index is 586. The molecule has 1 aromatic rings. The average Bonchev–Trinajstić information content (AvgIpc) is 2.52. The molecular weight excluding hydrogens is 355 g/mol. The fourth-order valence-corrected chi connectivity index (χ4v) is 3.08. The van der Waals surface area contributed by atoms with E-state index in [1.165, 1.54) is 6.07 Å². The lowest BCUT2D eigenvalue weighted by Gasteiger charge is -2.32. The summed E-state index contributed by atoms with van der Waals surface area (Å²) >= 11 is 5.94. The van der Waals surface area contributed by atoms with Gasteiger partial charge in [0.15, 0.2) is 0 Å². The van der Waals surface area contributed by atoms with Crippen molar-refractivity contribution in [1.82, 2.24) is 10.2 Å². The summed E-state index contributed by atoms with van der Waals surface area (Å²) in [6.07, 6.45) is 1.81. The summed E-state index contributed by atoms with van der Waals surface area (Å²) in [6, 6.07) is 4.76. The number of likely N-dealkylation sites (tertiary alicyclic amines) is 1. The molecule has 7 nitrogen and oxygen atoms in total. The number of hydrogen-bond acceptors (Lipinski definition) is 5. The van der Waals surface area contributed by atoms with Gasteiger partial charge in [-0.3, -0.25) is 19.8 Å². The molecule has 1 fully saturated rings. The smallest absolute Gasteiger partial charge is 0.287 e. The van der Waals surface area contributed by atoms with Crippen molar-refractivity contribution in [1.29, 1.82) is 0 Å². The van der Waals surface area contributed by atoms with Crippen molar-refractivity contribution in [2.24, 2.45) is 11.7 Å². The molecule has 0 saturated carbocycles. The maximum Gasteiger partial charge on any atom is 0.287 e. The van der Waals surface area contributed by atoms with Gasteiger partial charge in [-0.1, -0.05) is 17.7 Å². The molecule has 1 heterocycles. The van der Waals surface area contributed by atoms with Crippen LogP contribution in [-0.4, -0.2) is 41.9 Å². The first-order valence-corrected chi connectivity index (χ1v) is 8.02. The summed E-state index contributed by atoms with van der Waals surface area (Å²) in [6.45, 7) is 3.12. The molecule has 1 amide bonds. The Labute approximate surface area is 152 Å². The van der Waals surface area contributed by atoms with Gasteiger partial charge in [-0.15, -0.1) is 12.4 Å². The van der Waals surface area contributed by atoms with E-state index in [0.717, 1.165) is 24.9 Å². The molecule has 0 bridgehead atoms. The molecule has 1 aromatic carbocycles. The molecule has 2 rings (SSSR count). The first-order chi connectivity index (χ1) is 11.0. The van der Waals surface area contributed by atoms with Crippen LogP contribution in [0.5, 0.6) is 0 Å². The molecule has 9 heteroatoms. The summed E-state index contributed by atoms with van der Waals surface area (Å²) in [5, 5.41) is 13.8. The Morgan fingerprint density at radius 3 is 2.88 bits per heavy atom. The van der Waals surface area contributed by atoms with Crippen molar-refractivity contribution >= 4 is 35.6 Å². The molecule has 1 aliphatic rings. The van der Waals surface area contributed by atoms with E-state index in [-0.39, 0.29) is 34.9 Å². The zero-order valence-corrected chi connectivity index (χ0v) is 14.8. The van der Waals surface area contributed by atoms with E-state index in [4.69, 9.17) is 17.3 Å². The van der Waals surface area contributed by atoms with Crippen LogP contribution in [0.15, 0.2) is 18.2 Å². The SMILES string of the molecule is Cl.NCCNC(=O)C1CCCN(Cc2ccc([N+](=O)[O-])c(Cl)c2)C1. The molecule has 0 aromatic heterocycles. The number of rotatable bonds is 6. The summed E-state index contributed by atoms with van der Waals surface area (Å²) in [5.74, 6) is 0.00528. The average molecular weight is 377 g/mol. The van der Waals surface area contributed by atoms with Gasteiger partial charge in [0.1, 0.15) is 5.02 Å². The van der Waals surface area contributed by atoms with Gasteiger partial charge in [0.2, 0.25) is 5.91 Å². The highest BCUT2D eigenvalue weighted by molar-refractivity contribution is 6.32. The fourth-order valence-electron chi connectivity index (χ4n) is 2.81. The van der Waals surface area contributed by atoms with Gasteiger partial charge in [0.05, 0.1) is 10.8 Å². The number of nitrogens with zero attached hydrogens (tertiary/aromatic N) is 2. The van der Waals surface area contributed by atoms with Crippen LogP contribution in [0.4, 0.5) is 5.69 Å². The van der Waals surface area contributed by atoms with Crippen LogP contribution in [-0.2, 0) is 11.3 Å². The van der Waals surface area contributed by atoms with Gasteiger partial charge in [-0.05, 0) is 31.0 Å². The van der Waals surface area contributed by atoms with E-state index in [0.29, 0.717) is 26.2 Å². The van der Waals surface area contributed by atoms with Crippen LogP contribution < -0.4 is 11.1 Å². The normalized spacial score (nSPS) is 17.8. The third-order valence-corrected chi connectivity index (χ3v) is 4.24. The van der Waals surface area contributed by atoms with Crippen molar-refractivity contribution in [2.75, 3.05) is 26.2 Å². The second-order valence-electron chi connectivity index (χ2n) is 5.70. The van der Waals surface area contributed by atoms with Gasteiger partial charge < -0.3 is 11.1 Å². The molecule has 0 aliphatic carbocycles. The first kappa shape index (κ1) is 20.6. The third-order valence-electron chi connectivity index (χ3n) is 3.93. The molecule has 0 spiro atoms. The zero-order valence-electron chi connectivity index (χ0n) is 13.2. The molecule has 1 atom stereocenters. The van der Waals surface area contributed by atoms with Crippen LogP contribution in [0, 0.1) is 16.0 Å².